The maximum atomic E-state index is 14.3. The first-order valence-corrected chi connectivity index (χ1v) is 10.7. The summed E-state index contributed by atoms with van der Waals surface area (Å²) in [6, 6.07) is 2.90. The molecule has 2 aliphatic heterocycles. The summed E-state index contributed by atoms with van der Waals surface area (Å²) < 4.78 is 37.5. The molecule has 0 aromatic heterocycles. The molecule has 1 spiro atoms. The Labute approximate surface area is 158 Å². The average Bonchev–Trinajstić information content (AvgIpc) is 3.02. The zero-order chi connectivity index (χ0) is 19.8. The van der Waals surface area contributed by atoms with Gasteiger partial charge in [-0.1, -0.05) is 6.92 Å². The second-order valence-corrected chi connectivity index (χ2v) is 8.74. The minimum absolute atomic E-state index is 0.0931. The monoisotopic (exact) mass is 397 g/mol. The van der Waals surface area contributed by atoms with Crippen molar-refractivity contribution in [2.75, 3.05) is 19.6 Å². The van der Waals surface area contributed by atoms with E-state index in [0.717, 1.165) is 31.0 Å². The summed E-state index contributed by atoms with van der Waals surface area (Å²) in [6.07, 6.45) is 3.31. The molecule has 2 fully saturated rings. The van der Waals surface area contributed by atoms with Gasteiger partial charge in [-0.2, -0.15) is 0 Å². The van der Waals surface area contributed by atoms with E-state index >= 15 is 0 Å². The van der Waals surface area contributed by atoms with E-state index < -0.39 is 27.3 Å². The molecule has 0 bridgehead atoms. The molecule has 1 aromatic rings. The molecular formula is C18H24FN3O4S. The van der Waals surface area contributed by atoms with Gasteiger partial charge in [0.25, 0.3) is 5.91 Å². The Balaban J connectivity index is 1.98. The summed E-state index contributed by atoms with van der Waals surface area (Å²) in [5.74, 6) is -1.59. The van der Waals surface area contributed by atoms with Crippen LogP contribution in [0.25, 0.3) is 0 Å². The molecule has 2 aliphatic rings. The summed E-state index contributed by atoms with van der Waals surface area (Å²) in [4.78, 5) is 29.1. The number of piperidine rings is 1. The standard InChI is InChI=1S/C18H24FN3O4S/c1-2-9-21-10-3-7-18(17(21)24)8-4-11-22(18)16(23)14-12-13(27(20,25)26)5-6-15(14)19/h5-6,12H,2-4,7-11H2,1H3,(H2,20,25,26). The summed E-state index contributed by atoms with van der Waals surface area (Å²) in [5.41, 5.74) is -1.34. The van der Waals surface area contributed by atoms with Gasteiger partial charge >= 0.3 is 0 Å². The SMILES string of the molecule is CCCN1CCCC2(CCCN2C(=O)c2cc(S(N)(=O)=O)ccc2F)C1=O. The van der Waals surface area contributed by atoms with Crippen LogP contribution in [0, 0.1) is 5.82 Å². The maximum absolute atomic E-state index is 14.3. The van der Waals surface area contributed by atoms with Crippen LogP contribution < -0.4 is 5.14 Å². The quantitative estimate of drug-likeness (QED) is 0.831. The first kappa shape index (κ1) is 19.8. The largest absolute Gasteiger partial charge is 0.341 e. The van der Waals surface area contributed by atoms with E-state index in [2.05, 4.69) is 0 Å². The lowest BCUT2D eigenvalue weighted by Crippen LogP contribution is -2.61. The number of rotatable bonds is 4. The first-order chi connectivity index (χ1) is 12.7. The van der Waals surface area contributed by atoms with E-state index in [1.807, 2.05) is 6.92 Å². The number of hydrogen-bond acceptors (Lipinski definition) is 4. The van der Waals surface area contributed by atoms with E-state index in [-0.39, 0.29) is 16.4 Å². The molecule has 0 aliphatic carbocycles. The highest BCUT2D eigenvalue weighted by atomic mass is 32.2. The predicted molar refractivity (Wildman–Crippen MR) is 96.9 cm³/mol. The molecule has 27 heavy (non-hydrogen) atoms. The molecule has 0 radical (unpaired) electrons. The number of amides is 2. The molecule has 2 N–H and O–H groups in total. The minimum atomic E-state index is -4.07. The van der Waals surface area contributed by atoms with Crippen LogP contribution in [0.4, 0.5) is 4.39 Å². The van der Waals surface area contributed by atoms with Crippen LogP contribution >= 0.6 is 0 Å². The number of carbonyl (C=O) groups excluding carboxylic acids is 2. The van der Waals surface area contributed by atoms with Crippen molar-refractivity contribution in [3.05, 3.63) is 29.6 Å². The lowest BCUT2D eigenvalue weighted by atomic mass is 9.85. The molecule has 2 saturated heterocycles. The molecule has 2 heterocycles. The predicted octanol–water partition coefficient (Wildman–Crippen LogP) is 1.48. The first-order valence-electron chi connectivity index (χ1n) is 9.14. The molecule has 1 unspecified atom stereocenters. The van der Waals surface area contributed by atoms with Crippen molar-refractivity contribution in [3.8, 4) is 0 Å². The Morgan fingerprint density at radius 2 is 1.93 bits per heavy atom. The minimum Gasteiger partial charge on any atom is -0.341 e. The van der Waals surface area contributed by atoms with Crippen molar-refractivity contribution in [1.82, 2.24) is 9.80 Å². The second kappa shape index (κ2) is 7.20. The number of carbonyl (C=O) groups is 2. The van der Waals surface area contributed by atoms with Crippen LogP contribution in [-0.4, -0.2) is 55.2 Å². The Kier molecular flexibility index (Phi) is 5.27. The zero-order valence-electron chi connectivity index (χ0n) is 15.3. The van der Waals surface area contributed by atoms with E-state index in [0.29, 0.717) is 38.9 Å². The Morgan fingerprint density at radius 3 is 2.56 bits per heavy atom. The molecule has 148 valence electrons. The van der Waals surface area contributed by atoms with Gasteiger partial charge in [-0.15, -0.1) is 0 Å². The third-order valence-electron chi connectivity index (χ3n) is 5.43. The van der Waals surface area contributed by atoms with Crippen LogP contribution in [0.2, 0.25) is 0 Å². The topological polar surface area (TPSA) is 101 Å². The van der Waals surface area contributed by atoms with Gasteiger partial charge in [0.2, 0.25) is 15.9 Å². The van der Waals surface area contributed by atoms with E-state index in [4.69, 9.17) is 5.14 Å². The number of nitrogens with zero attached hydrogens (tertiary/aromatic N) is 2. The second-order valence-electron chi connectivity index (χ2n) is 7.17. The molecule has 1 aromatic carbocycles. The molecule has 7 nitrogen and oxygen atoms in total. The van der Waals surface area contributed by atoms with Crippen molar-refractivity contribution in [1.29, 1.82) is 0 Å². The normalized spacial score (nSPS) is 23.3. The van der Waals surface area contributed by atoms with Crippen molar-refractivity contribution in [2.24, 2.45) is 5.14 Å². The highest BCUT2D eigenvalue weighted by molar-refractivity contribution is 7.89. The number of halogens is 1. The smallest absolute Gasteiger partial charge is 0.257 e. The van der Waals surface area contributed by atoms with Gasteiger partial charge in [-0.3, -0.25) is 9.59 Å². The summed E-state index contributed by atoms with van der Waals surface area (Å²) >= 11 is 0. The Bertz CT molecular complexity index is 871. The fraction of sp³-hybridized carbons (Fsp3) is 0.556. The highest BCUT2D eigenvalue weighted by Crippen LogP contribution is 2.39. The van der Waals surface area contributed by atoms with Crippen LogP contribution in [0.1, 0.15) is 49.4 Å². The van der Waals surface area contributed by atoms with Gasteiger partial charge in [0, 0.05) is 19.6 Å². The van der Waals surface area contributed by atoms with Crippen LogP contribution in [0.5, 0.6) is 0 Å². The maximum Gasteiger partial charge on any atom is 0.257 e. The van der Waals surface area contributed by atoms with E-state index in [1.54, 1.807) is 4.90 Å². The number of primary sulfonamides is 1. The molecule has 3 rings (SSSR count). The number of sulfonamides is 1. The van der Waals surface area contributed by atoms with Crippen LogP contribution in [-0.2, 0) is 14.8 Å². The van der Waals surface area contributed by atoms with Gasteiger partial charge < -0.3 is 9.80 Å². The summed E-state index contributed by atoms with van der Waals surface area (Å²) in [6.45, 7) is 3.60. The average molecular weight is 397 g/mol. The molecule has 9 heteroatoms. The van der Waals surface area contributed by atoms with Crippen molar-refractivity contribution >= 4 is 21.8 Å². The summed E-state index contributed by atoms with van der Waals surface area (Å²) in [5, 5.41) is 5.10. The van der Waals surface area contributed by atoms with Crippen molar-refractivity contribution in [3.63, 3.8) is 0 Å². The Hall–Kier alpha value is -2.00. The van der Waals surface area contributed by atoms with E-state index in [1.165, 1.54) is 4.90 Å². The number of benzene rings is 1. The molecule has 2 amide bonds. The molecule has 0 saturated carbocycles. The molecule has 1 atom stereocenters. The van der Waals surface area contributed by atoms with Crippen LogP contribution in [0.15, 0.2) is 23.1 Å². The third kappa shape index (κ3) is 3.45. The molecular weight excluding hydrogens is 373 g/mol. The number of likely N-dealkylation sites (tertiary alicyclic amines) is 2. The highest BCUT2D eigenvalue weighted by Gasteiger charge is 2.52. The van der Waals surface area contributed by atoms with E-state index in [9.17, 15) is 22.4 Å². The van der Waals surface area contributed by atoms with Crippen molar-refractivity contribution in [2.45, 2.75) is 49.5 Å². The lowest BCUT2D eigenvalue weighted by Gasteiger charge is -2.44. The van der Waals surface area contributed by atoms with Gasteiger partial charge in [-0.05, 0) is 50.3 Å². The van der Waals surface area contributed by atoms with Gasteiger partial charge in [0.05, 0.1) is 10.5 Å². The third-order valence-corrected chi connectivity index (χ3v) is 6.34. The fourth-order valence-electron chi connectivity index (χ4n) is 4.20. The fourth-order valence-corrected chi connectivity index (χ4v) is 4.74. The van der Waals surface area contributed by atoms with Gasteiger partial charge in [-0.25, -0.2) is 17.9 Å². The van der Waals surface area contributed by atoms with Gasteiger partial charge in [0.1, 0.15) is 11.4 Å². The lowest BCUT2D eigenvalue weighted by molar-refractivity contribution is -0.145. The number of nitrogens with two attached hydrogens (primary N) is 1. The van der Waals surface area contributed by atoms with Gasteiger partial charge in [0.15, 0.2) is 0 Å². The zero-order valence-corrected chi connectivity index (χ0v) is 16.1. The Morgan fingerprint density at radius 1 is 1.26 bits per heavy atom. The number of hydrogen-bond donors (Lipinski definition) is 1. The van der Waals surface area contributed by atoms with Crippen LogP contribution in [0.3, 0.4) is 0 Å². The summed E-state index contributed by atoms with van der Waals surface area (Å²) in [7, 11) is -4.07. The van der Waals surface area contributed by atoms with Crippen molar-refractivity contribution < 1.29 is 22.4 Å².